The summed E-state index contributed by atoms with van der Waals surface area (Å²) < 4.78 is 0. The number of hydrogen-bond acceptors (Lipinski definition) is 4. The molecular formula is C14H24O4. The zero-order chi connectivity index (χ0) is 13.4. The molecule has 0 spiro atoms. The second-order valence-corrected chi connectivity index (χ2v) is 6.31. The summed E-state index contributed by atoms with van der Waals surface area (Å²) >= 11 is 0. The highest BCUT2D eigenvalue weighted by Gasteiger charge is 2.43. The smallest absolute Gasteiger partial charge is 0.122 e. The van der Waals surface area contributed by atoms with Gasteiger partial charge in [0, 0.05) is 0 Å². The normalized spacial score (nSPS) is 38.9. The van der Waals surface area contributed by atoms with E-state index in [4.69, 9.17) is 9.78 Å². The van der Waals surface area contributed by atoms with E-state index >= 15 is 0 Å². The Labute approximate surface area is 109 Å². The number of aliphatic hydroxyl groups is 2. The van der Waals surface area contributed by atoms with Gasteiger partial charge in [0.15, 0.2) is 0 Å². The van der Waals surface area contributed by atoms with Gasteiger partial charge in [0.1, 0.15) is 11.7 Å². The highest BCUT2D eigenvalue weighted by atomic mass is 17.2. The van der Waals surface area contributed by atoms with Gasteiger partial charge < -0.3 is 10.2 Å². The molecule has 2 rings (SSSR count). The predicted octanol–water partition coefficient (Wildman–Crippen LogP) is 1.95. The van der Waals surface area contributed by atoms with E-state index in [9.17, 15) is 10.2 Å². The van der Waals surface area contributed by atoms with Gasteiger partial charge in [-0.1, -0.05) is 18.6 Å². The van der Waals surface area contributed by atoms with E-state index in [-0.39, 0.29) is 6.10 Å². The molecule has 4 heteroatoms. The van der Waals surface area contributed by atoms with E-state index in [2.05, 4.69) is 0 Å². The molecule has 0 aromatic rings. The molecule has 18 heavy (non-hydrogen) atoms. The molecule has 2 N–H and O–H groups in total. The van der Waals surface area contributed by atoms with Gasteiger partial charge in [-0.3, -0.25) is 0 Å². The Morgan fingerprint density at radius 2 is 2.11 bits per heavy atom. The number of fused-ring (bicyclic) bond motifs is 2. The van der Waals surface area contributed by atoms with Gasteiger partial charge in [-0.2, -0.15) is 0 Å². The zero-order valence-corrected chi connectivity index (χ0v) is 11.4. The van der Waals surface area contributed by atoms with Crippen molar-refractivity contribution in [3.8, 4) is 0 Å². The van der Waals surface area contributed by atoms with Gasteiger partial charge in [-0.25, -0.2) is 9.78 Å². The van der Waals surface area contributed by atoms with E-state index in [0.717, 1.165) is 25.7 Å². The summed E-state index contributed by atoms with van der Waals surface area (Å²) in [6.07, 6.45) is 7.14. The Balaban J connectivity index is 2.05. The molecule has 1 aliphatic heterocycles. The van der Waals surface area contributed by atoms with Crippen LogP contribution < -0.4 is 0 Å². The lowest BCUT2D eigenvalue weighted by molar-refractivity contribution is -0.414. The van der Waals surface area contributed by atoms with Gasteiger partial charge in [0.25, 0.3) is 0 Å². The highest BCUT2D eigenvalue weighted by molar-refractivity contribution is 5.09. The van der Waals surface area contributed by atoms with Crippen molar-refractivity contribution in [3.05, 3.63) is 12.2 Å². The largest absolute Gasteiger partial charge is 0.387 e. The van der Waals surface area contributed by atoms with Crippen LogP contribution in [-0.2, 0) is 9.78 Å². The van der Waals surface area contributed by atoms with Crippen molar-refractivity contribution in [3.63, 3.8) is 0 Å². The number of aliphatic hydroxyl groups excluding tert-OH is 1. The predicted molar refractivity (Wildman–Crippen MR) is 67.8 cm³/mol. The quantitative estimate of drug-likeness (QED) is 0.598. The number of rotatable bonds is 3. The first-order valence-corrected chi connectivity index (χ1v) is 6.75. The van der Waals surface area contributed by atoms with Crippen LogP contribution in [0, 0.1) is 5.92 Å². The van der Waals surface area contributed by atoms with E-state index in [1.807, 2.05) is 13.0 Å². The molecule has 1 aliphatic carbocycles. The molecule has 2 bridgehead atoms. The van der Waals surface area contributed by atoms with E-state index in [1.54, 1.807) is 19.9 Å². The van der Waals surface area contributed by atoms with Crippen molar-refractivity contribution in [1.29, 1.82) is 0 Å². The molecule has 0 aromatic heterocycles. The monoisotopic (exact) mass is 256 g/mol. The molecular weight excluding hydrogens is 232 g/mol. The van der Waals surface area contributed by atoms with Gasteiger partial charge in [0.2, 0.25) is 0 Å². The zero-order valence-electron chi connectivity index (χ0n) is 11.4. The highest BCUT2D eigenvalue weighted by Crippen LogP contribution is 2.42. The summed E-state index contributed by atoms with van der Waals surface area (Å²) in [7, 11) is 0. The van der Waals surface area contributed by atoms with Gasteiger partial charge in [-0.15, -0.1) is 0 Å². The third-order valence-electron chi connectivity index (χ3n) is 4.13. The maximum absolute atomic E-state index is 9.82. The summed E-state index contributed by atoms with van der Waals surface area (Å²) in [4.78, 5) is 10.9. The minimum atomic E-state index is -1.14. The summed E-state index contributed by atoms with van der Waals surface area (Å²) in [5.74, 6) is 0.426. The van der Waals surface area contributed by atoms with E-state index in [0.29, 0.717) is 5.92 Å². The van der Waals surface area contributed by atoms with Crippen LogP contribution in [-0.4, -0.2) is 33.6 Å². The van der Waals surface area contributed by atoms with Crippen molar-refractivity contribution < 1.29 is 20.0 Å². The fourth-order valence-corrected chi connectivity index (χ4v) is 2.67. The first kappa shape index (κ1) is 14.0. The Morgan fingerprint density at radius 1 is 1.39 bits per heavy atom. The van der Waals surface area contributed by atoms with Gasteiger partial charge >= 0.3 is 0 Å². The molecule has 0 radical (unpaired) electrons. The average Bonchev–Trinajstić information content (AvgIpc) is 2.31. The standard InChI is InChI=1S/C14H24O4/c1-13(2,16)12(15)7-8-14(3)10-5-4-6-11(9-10)17-18-14/h7-8,10-12,15-16H,4-6,9H2,1-3H3/t10?,11?,12-,14+/m0/s1. The molecule has 2 unspecified atom stereocenters. The second-order valence-electron chi connectivity index (χ2n) is 6.31. The third-order valence-corrected chi connectivity index (χ3v) is 4.13. The Morgan fingerprint density at radius 3 is 2.78 bits per heavy atom. The molecule has 0 amide bonds. The SMILES string of the molecule is CC(C)(O)[C@@H](O)C=C[C@@]1(C)OOC2CCCC1C2. The minimum absolute atomic E-state index is 0.226. The second kappa shape index (κ2) is 4.93. The molecule has 2 aliphatic rings. The Kier molecular flexibility index (Phi) is 3.83. The Hall–Kier alpha value is -0.420. The lowest BCUT2D eigenvalue weighted by Crippen LogP contribution is -2.46. The maximum atomic E-state index is 9.82. The van der Waals surface area contributed by atoms with Crippen molar-refractivity contribution in [2.75, 3.05) is 0 Å². The molecule has 1 saturated heterocycles. The Bertz CT molecular complexity index is 320. The molecule has 4 atom stereocenters. The van der Waals surface area contributed by atoms with Crippen LogP contribution >= 0.6 is 0 Å². The molecule has 1 saturated carbocycles. The average molecular weight is 256 g/mol. The third kappa shape index (κ3) is 2.94. The molecule has 104 valence electrons. The van der Waals surface area contributed by atoms with E-state index < -0.39 is 17.3 Å². The minimum Gasteiger partial charge on any atom is -0.387 e. The van der Waals surface area contributed by atoms with Crippen LogP contribution in [0.2, 0.25) is 0 Å². The van der Waals surface area contributed by atoms with Crippen LogP contribution in [0.15, 0.2) is 12.2 Å². The van der Waals surface area contributed by atoms with Crippen LogP contribution in [0.25, 0.3) is 0 Å². The van der Waals surface area contributed by atoms with Crippen molar-refractivity contribution in [2.24, 2.45) is 5.92 Å². The fraction of sp³-hybridized carbons (Fsp3) is 0.857. The van der Waals surface area contributed by atoms with Crippen LogP contribution in [0.3, 0.4) is 0 Å². The summed E-state index contributed by atoms with van der Waals surface area (Å²) in [6, 6.07) is 0. The summed E-state index contributed by atoms with van der Waals surface area (Å²) in [5, 5.41) is 19.5. The van der Waals surface area contributed by atoms with Crippen LogP contribution in [0.4, 0.5) is 0 Å². The molecule has 0 aromatic carbocycles. The van der Waals surface area contributed by atoms with Crippen molar-refractivity contribution in [2.45, 2.75) is 69.9 Å². The van der Waals surface area contributed by atoms with E-state index in [1.165, 1.54) is 0 Å². The number of hydrogen-bond donors (Lipinski definition) is 2. The van der Waals surface area contributed by atoms with Crippen LogP contribution in [0.1, 0.15) is 46.5 Å². The molecule has 2 fully saturated rings. The fourth-order valence-electron chi connectivity index (χ4n) is 2.67. The van der Waals surface area contributed by atoms with Gasteiger partial charge in [-0.05, 0) is 46.0 Å². The first-order chi connectivity index (χ1) is 8.31. The topological polar surface area (TPSA) is 58.9 Å². The first-order valence-electron chi connectivity index (χ1n) is 6.75. The lowest BCUT2D eigenvalue weighted by Gasteiger charge is -2.44. The van der Waals surface area contributed by atoms with Gasteiger partial charge in [0.05, 0.1) is 11.7 Å². The summed E-state index contributed by atoms with van der Waals surface area (Å²) in [6.45, 7) is 5.14. The molecule has 1 heterocycles. The van der Waals surface area contributed by atoms with Crippen molar-refractivity contribution >= 4 is 0 Å². The summed E-state index contributed by atoms with van der Waals surface area (Å²) in [5.41, 5.74) is -1.64. The molecule has 4 nitrogen and oxygen atoms in total. The maximum Gasteiger partial charge on any atom is 0.122 e. The van der Waals surface area contributed by atoms with Crippen LogP contribution in [0.5, 0.6) is 0 Å². The lowest BCUT2D eigenvalue weighted by atomic mass is 9.75. The van der Waals surface area contributed by atoms with Crippen molar-refractivity contribution in [1.82, 2.24) is 0 Å².